The molecule has 0 heterocycles. The van der Waals surface area contributed by atoms with Gasteiger partial charge in [-0.2, -0.15) is 0 Å². The fourth-order valence-electron chi connectivity index (χ4n) is 2.13. The molecule has 2 aromatic rings. The number of hydrogen-bond acceptors (Lipinski definition) is 4. The molecule has 0 bridgehead atoms. The molecule has 0 fully saturated rings. The van der Waals surface area contributed by atoms with Gasteiger partial charge in [-0.15, -0.1) is 0 Å². The highest BCUT2D eigenvalue weighted by Crippen LogP contribution is 2.21. The van der Waals surface area contributed by atoms with Gasteiger partial charge in [-0.25, -0.2) is 12.8 Å². The van der Waals surface area contributed by atoms with E-state index in [1.165, 1.54) is 24.3 Å². The number of amides is 1. The van der Waals surface area contributed by atoms with Crippen LogP contribution in [0, 0.1) is 11.2 Å². The molecule has 2 N–H and O–H groups in total. The molecular weight excluding hydrogens is 371 g/mol. The van der Waals surface area contributed by atoms with E-state index in [0.717, 1.165) is 12.1 Å². The maximum Gasteiger partial charge on any atom is 0.262 e. The van der Waals surface area contributed by atoms with Gasteiger partial charge in [-0.05, 0) is 30.3 Å². The molecular formula is C19H21FN2O4S. The predicted octanol–water partition coefficient (Wildman–Crippen LogP) is 2.97. The molecule has 6 nitrogen and oxygen atoms in total. The van der Waals surface area contributed by atoms with E-state index < -0.39 is 27.2 Å². The largest absolute Gasteiger partial charge is 0.345 e. The van der Waals surface area contributed by atoms with E-state index in [1.54, 1.807) is 32.9 Å². The van der Waals surface area contributed by atoms with Crippen LogP contribution in [-0.2, 0) is 14.8 Å². The molecule has 0 radical (unpaired) electrons. The topological polar surface area (TPSA) is 92.3 Å². The Kier molecular flexibility index (Phi) is 6.00. The first-order valence-corrected chi connectivity index (χ1v) is 9.68. The summed E-state index contributed by atoms with van der Waals surface area (Å²) >= 11 is 0. The van der Waals surface area contributed by atoms with Crippen LogP contribution in [0.4, 0.5) is 10.1 Å². The molecule has 0 saturated carbocycles. The molecule has 0 aromatic heterocycles. The van der Waals surface area contributed by atoms with E-state index in [-0.39, 0.29) is 28.5 Å². The van der Waals surface area contributed by atoms with Gasteiger partial charge in [0.25, 0.3) is 15.9 Å². The Morgan fingerprint density at radius 3 is 2.33 bits per heavy atom. The minimum absolute atomic E-state index is 0.0301. The SMILES string of the molecule is CC(C)(C)C(=O)CNC(=O)c1ccccc1NS(=O)(=O)c1cccc(F)c1. The van der Waals surface area contributed by atoms with Crippen molar-refractivity contribution in [2.45, 2.75) is 25.7 Å². The normalized spacial score (nSPS) is 11.7. The number of nitrogens with one attached hydrogen (secondary N) is 2. The van der Waals surface area contributed by atoms with Crippen molar-refractivity contribution in [2.75, 3.05) is 11.3 Å². The average molecular weight is 392 g/mol. The van der Waals surface area contributed by atoms with E-state index in [0.29, 0.717) is 0 Å². The van der Waals surface area contributed by atoms with Gasteiger partial charge < -0.3 is 5.32 Å². The summed E-state index contributed by atoms with van der Waals surface area (Å²) in [5.41, 5.74) is -0.521. The van der Waals surface area contributed by atoms with E-state index >= 15 is 0 Å². The van der Waals surface area contributed by atoms with Crippen molar-refractivity contribution in [1.82, 2.24) is 5.32 Å². The van der Waals surface area contributed by atoms with Crippen LogP contribution in [0.5, 0.6) is 0 Å². The molecule has 2 aromatic carbocycles. The predicted molar refractivity (Wildman–Crippen MR) is 100 cm³/mol. The van der Waals surface area contributed by atoms with E-state index in [1.807, 2.05) is 0 Å². The third-order valence-corrected chi connectivity index (χ3v) is 5.13. The smallest absolute Gasteiger partial charge is 0.262 e. The summed E-state index contributed by atoms with van der Waals surface area (Å²) in [5.74, 6) is -1.44. The van der Waals surface area contributed by atoms with Gasteiger partial charge in [0.2, 0.25) is 0 Å². The summed E-state index contributed by atoms with van der Waals surface area (Å²) in [7, 11) is -4.08. The molecule has 0 aliphatic rings. The van der Waals surface area contributed by atoms with Crippen molar-refractivity contribution in [3.8, 4) is 0 Å². The Bertz CT molecular complexity index is 966. The van der Waals surface area contributed by atoms with Gasteiger partial charge in [-0.3, -0.25) is 14.3 Å². The number of sulfonamides is 1. The number of benzene rings is 2. The fourth-order valence-corrected chi connectivity index (χ4v) is 3.24. The number of para-hydroxylation sites is 1. The van der Waals surface area contributed by atoms with Gasteiger partial charge in [0.1, 0.15) is 5.82 Å². The van der Waals surface area contributed by atoms with Crippen molar-refractivity contribution in [3.05, 3.63) is 59.9 Å². The number of hydrogen-bond donors (Lipinski definition) is 2. The number of Topliss-reactive ketones (excluding diaryl/α,β-unsaturated/α-hetero) is 1. The number of carbonyl (C=O) groups is 2. The first kappa shape index (κ1) is 20.6. The number of carbonyl (C=O) groups excluding carboxylic acids is 2. The van der Waals surface area contributed by atoms with Gasteiger partial charge >= 0.3 is 0 Å². The number of anilines is 1. The summed E-state index contributed by atoms with van der Waals surface area (Å²) in [6.07, 6.45) is 0. The first-order valence-electron chi connectivity index (χ1n) is 8.19. The molecule has 8 heteroatoms. The minimum atomic E-state index is -4.08. The maximum atomic E-state index is 13.3. The van der Waals surface area contributed by atoms with Crippen molar-refractivity contribution >= 4 is 27.4 Å². The highest BCUT2D eigenvalue weighted by molar-refractivity contribution is 7.92. The van der Waals surface area contributed by atoms with Crippen LogP contribution in [0.25, 0.3) is 0 Å². The average Bonchev–Trinajstić information content (AvgIpc) is 2.58. The number of rotatable bonds is 6. The fraction of sp³-hybridized carbons (Fsp3) is 0.263. The van der Waals surface area contributed by atoms with Crippen LogP contribution in [0.1, 0.15) is 31.1 Å². The molecule has 144 valence electrons. The standard InChI is InChI=1S/C19H21FN2O4S/c1-19(2,3)17(23)12-21-18(24)15-9-4-5-10-16(15)22-27(25,26)14-8-6-7-13(20)11-14/h4-11,22H,12H2,1-3H3,(H,21,24). The zero-order chi connectivity index (χ0) is 20.2. The molecule has 0 aliphatic heterocycles. The molecule has 2 rings (SSSR count). The molecule has 1 amide bonds. The minimum Gasteiger partial charge on any atom is -0.345 e. The van der Waals surface area contributed by atoms with E-state index in [4.69, 9.17) is 0 Å². The third-order valence-electron chi connectivity index (χ3n) is 3.77. The molecule has 0 unspecified atom stereocenters. The lowest BCUT2D eigenvalue weighted by atomic mass is 9.91. The Hall–Kier alpha value is -2.74. The van der Waals surface area contributed by atoms with Crippen molar-refractivity contribution in [1.29, 1.82) is 0 Å². The van der Waals surface area contributed by atoms with Crippen molar-refractivity contribution in [2.24, 2.45) is 5.41 Å². The van der Waals surface area contributed by atoms with Crippen LogP contribution in [0.3, 0.4) is 0 Å². The first-order chi connectivity index (χ1) is 12.5. The van der Waals surface area contributed by atoms with Crippen LogP contribution >= 0.6 is 0 Å². The Balaban J connectivity index is 2.23. The lowest BCUT2D eigenvalue weighted by Crippen LogP contribution is -2.35. The molecule has 0 saturated heterocycles. The second kappa shape index (κ2) is 7.87. The quantitative estimate of drug-likeness (QED) is 0.791. The number of ketones is 1. The third kappa shape index (κ3) is 5.37. The Morgan fingerprint density at radius 2 is 1.70 bits per heavy atom. The lowest BCUT2D eigenvalue weighted by molar-refractivity contribution is -0.125. The van der Waals surface area contributed by atoms with Gasteiger partial charge in [0.15, 0.2) is 5.78 Å². The molecule has 0 aliphatic carbocycles. The van der Waals surface area contributed by atoms with Crippen LogP contribution < -0.4 is 10.0 Å². The van der Waals surface area contributed by atoms with Crippen LogP contribution in [-0.4, -0.2) is 26.7 Å². The zero-order valence-electron chi connectivity index (χ0n) is 15.2. The van der Waals surface area contributed by atoms with E-state index in [9.17, 15) is 22.4 Å². The van der Waals surface area contributed by atoms with Gasteiger partial charge in [0, 0.05) is 5.41 Å². The summed E-state index contributed by atoms with van der Waals surface area (Å²) in [6.45, 7) is 5.04. The lowest BCUT2D eigenvalue weighted by Gasteiger charge is -2.17. The summed E-state index contributed by atoms with van der Waals surface area (Å²) in [4.78, 5) is 24.1. The second-order valence-electron chi connectivity index (χ2n) is 6.96. The molecule has 27 heavy (non-hydrogen) atoms. The van der Waals surface area contributed by atoms with Crippen LogP contribution in [0.2, 0.25) is 0 Å². The summed E-state index contributed by atoms with van der Waals surface area (Å²) in [6, 6.07) is 10.5. The van der Waals surface area contributed by atoms with Gasteiger partial charge in [0.05, 0.1) is 22.7 Å². The Morgan fingerprint density at radius 1 is 1.04 bits per heavy atom. The zero-order valence-corrected chi connectivity index (χ0v) is 16.1. The monoisotopic (exact) mass is 392 g/mol. The highest BCUT2D eigenvalue weighted by Gasteiger charge is 2.23. The van der Waals surface area contributed by atoms with Crippen molar-refractivity contribution < 1.29 is 22.4 Å². The van der Waals surface area contributed by atoms with Crippen LogP contribution in [0.15, 0.2) is 53.4 Å². The highest BCUT2D eigenvalue weighted by atomic mass is 32.2. The summed E-state index contributed by atoms with van der Waals surface area (Å²) < 4.78 is 40.5. The Labute approximate surface area is 157 Å². The van der Waals surface area contributed by atoms with Gasteiger partial charge in [-0.1, -0.05) is 39.0 Å². The van der Waals surface area contributed by atoms with E-state index in [2.05, 4.69) is 10.0 Å². The second-order valence-corrected chi connectivity index (χ2v) is 8.65. The number of halogens is 1. The maximum absolute atomic E-state index is 13.3. The molecule has 0 atom stereocenters. The summed E-state index contributed by atoms with van der Waals surface area (Å²) in [5, 5.41) is 2.50. The van der Waals surface area contributed by atoms with Crippen molar-refractivity contribution in [3.63, 3.8) is 0 Å². The molecule has 0 spiro atoms.